The predicted molar refractivity (Wildman–Crippen MR) is 150 cm³/mol. The minimum Gasteiger partial charge on any atom is -0.567 e. The molecule has 9 nitrogen and oxygen atoms in total. The standard InChI is InChI=1S/C29H33N3O6S/c1-18-14-22(36-13-12-29(3,4)34)15-19(2)27(18)24-7-5-6-23-25(17-37-28(23)24)38-21-10-8-20(9-11-21)31-16-26(33)32(30)39(31)35/h5-11,14-15,25,34H,12-13,16-17,30H2,1-4H3/t25-,39?/m1/s1. The van der Waals surface area contributed by atoms with Crippen LogP contribution in [0, 0.1) is 13.8 Å². The van der Waals surface area contributed by atoms with E-state index in [0.717, 1.165) is 43.7 Å². The van der Waals surface area contributed by atoms with Gasteiger partial charge in [0.2, 0.25) is 11.5 Å². The first kappa shape index (κ1) is 27.1. The molecule has 1 saturated heterocycles. The van der Waals surface area contributed by atoms with Crippen LogP contribution in [-0.4, -0.2) is 45.3 Å². The molecule has 0 saturated carbocycles. The number of carbonyl (C=O) groups is 1. The summed E-state index contributed by atoms with van der Waals surface area (Å²) in [5.74, 6) is 7.34. The summed E-state index contributed by atoms with van der Waals surface area (Å²) in [6.45, 7) is 8.42. The van der Waals surface area contributed by atoms with Gasteiger partial charge >= 0.3 is 5.91 Å². The lowest BCUT2D eigenvalue weighted by molar-refractivity contribution is -0.124. The van der Waals surface area contributed by atoms with Crippen molar-refractivity contribution >= 4 is 23.1 Å². The highest BCUT2D eigenvalue weighted by atomic mass is 32.2. The van der Waals surface area contributed by atoms with Crippen molar-refractivity contribution in [2.24, 2.45) is 5.84 Å². The first-order chi connectivity index (χ1) is 18.5. The van der Waals surface area contributed by atoms with Gasteiger partial charge in [0.15, 0.2) is 12.6 Å². The van der Waals surface area contributed by atoms with E-state index in [9.17, 15) is 14.5 Å². The summed E-state index contributed by atoms with van der Waals surface area (Å²) in [7, 11) is 0. The number of para-hydroxylation sites is 1. The number of hydrogen-bond acceptors (Lipinski definition) is 8. The van der Waals surface area contributed by atoms with Crippen LogP contribution in [0.1, 0.15) is 43.1 Å². The number of aryl methyl sites for hydroxylation is 2. The summed E-state index contributed by atoms with van der Waals surface area (Å²) in [6, 6.07) is 17.2. The fourth-order valence-electron chi connectivity index (χ4n) is 4.84. The minimum absolute atomic E-state index is 0.0390. The van der Waals surface area contributed by atoms with Crippen molar-refractivity contribution < 1.29 is 28.7 Å². The number of rotatable bonds is 8. The van der Waals surface area contributed by atoms with E-state index in [1.165, 1.54) is 4.31 Å². The van der Waals surface area contributed by atoms with Gasteiger partial charge in [-0.25, -0.2) is 0 Å². The third kappa shape index (κ3) is 5.65. The van der Waals surface area contributed by atoms with Crippen LogP contribution in [0.3, 0.4) is 0 Å². The molecule has 0 bridgehead atoms. The number of aliphatic hydroxyl groups is 1. The zero-order chi connectivity index (χ0) is 27.9. The van der Waals surface area contributed by atoms with Crippen LogP contribution in [0.2, 0.25) is 0 Å². The first-order valence-electron chi connectivity index (χ1n) is 12.8. The van der Waals surface area contributed by atoms with Gasteiger partial charge < -0.3 is 23.9 Å². The molecule has 0 aromatic heterocycles. The van der Waals surface area contributed by atoms with Crippen LogP contribution in [0.4, 0.5) is 5.69 Å². The summed E-state index contributed by atoms with van der Waals surface area (Å²) in [4.78, 5) is 11.8. The Morgan fingerprint density at radius 2 is 1.82 bits per heavy atom. The van der Waals surface area contributed by atoms with E-state index in [2.05, 4.69) is 19.9 Å². The third-order valence-electron chi connectivity index (χ3n) is 6.81. The third-order valence-corrected chi connectivity index (χ3v) is 8.07. The largest absolute Gasteiger partial charge is 0.567 e. The molecule has 3 N–H and O–H groups in total. The Morgan fingerprint density at radius 1 is 1.13 bits per heavy atom. The van der Waals surface area contributed by atoms with Crippen LogP contribution < -0.4 is 24.4 Å². The number of amides is 1. The predicted octanol–water partition coefficient (Wildman–Crippen LogP) is 4.12. The second-order valence-corrected chi connectivity index (χ2v) is 11.8. The van der Waals surface area contributed by atoms with E-state index in [1.807, 2.05) is 24.3 Å². The number of hydrogen-bond donors (Lipinski definition) is 2. The maximum absolute atomic E-state index is 12.3. The van der Waals surface area contributed by atoms with Gasteiger partial charge in [0.1, 0.15) is 23.9 Å². The van der Waals surface area contributed by atoms with Crippen LogP contribution in [0.5, 0.6) is 17.2 Å². The molecular formula is C29H33N3O6S. The van der Waals surface area contributed by atoms with Crippen molar-refractivity contribution in [3.63, 3.8) is 0 Å². The molecule has 10 heteroatoms. The lowest BCUT2D eigenvalue weighted by Gasteiger charge is -2.19. The lowest BCUT2D eigenvalue weighted by Crippen LogP contribution is -2.39. The molecule has 5 rings (SSSR count). The number of ether oxygens (including phenoxy) is 3. The SMILES string of the molecule is Cc1cc(OCCC(C)(C)O)cc(C)c1-c1cccc2c1OC[C@H]2Oc1ccc(N2CC(=O)N(N)[S+]2[O-])cc1. The fourth-order valence-corrected chi connectivity index (χ4v) is 5.81. The molecule has 0 spiro atoms. The molecule has 3 aromatic rings. The van der Waals surface area contributed by atoms with Crippen molar-refractivity contribution in [3.05, 3.63) is 71.3 Å². The van der Waals surface area contributed by atoms with Gasteiger partial charge in [-0.15, -0.1) is 0 Å². The number of nitrogens with zero attached hydrogens (tertiary/aromatic N) is 2. The average Bonchev–Trinajstić information content (AvgIpc) is 3.40. The van der Waals surface area contributed by atoms with Crippen molar-refractivity contribution in [2.75, 3.05) is 24.1 Å². The number of hydrazine groups is 1. The van der Waals surface area contributed by atoms with E-state index in [4.69, 9.17) is 20.1 Å². The van der Waals surface area contributed by atoms with Gasteiger partial charge in [0, 0.05) is 17.5 Å². The van der Waals surface area contributed by atoms with E-state index in [-0.39, 0.29) is 12.6 Å². The molecule has 2 aliphatic heterocycles. The van der Waals surface area contributed by atoms with Gasteiger partial charge in [-0.05, 0) is 80.8 Å². The Morgan fingerprint density at radius 3 is 2.44 bits per heavy atom. The zero-order valence-electron chi connectivity index (χ0n) is 22.5. The summed E-state index contributed by atoms with van der Waals surface area (Å²) in [6.07, 6.45) is 0.249. The second-order valence-electron chi connectivity index (χ2n) is 10.5. The first-order valence-corrected chi connectivity index (χ1v) is 13.8. The van der Waals surface area contributed by atoms with Gasteiger partial charge in [-0.3, -0.25) is 4.79 Å². The van der Waals surface area contributed by atoms with Gasteiger partial charge in [0.05, 0.1) is 17.9 Å². The van der Waals surface area contributed by atoms with E-state index in [0.29, 0.717) is 31.1 Å². The van der Waals surface area contributed by atoms with Gasteiger partial charge in [-0.1, -0.05) is 22.6 Å². The van der Waals surface area contributed by atoms with Crippen LogP contribution in [0.25, 0.3) is 11.1 Å². The Hall–Kier alpha value is -3.44. The maximum atomic E-state index is 12.3. The highest BCUT2D eigenvalue weighted by Crippen LogP contribution is 2.45. The molecule has 1 fully saturated rings. The van der Waals surface area contributed by atoms with Gasteiger partial charge in [-0.2, -0.15) is 10.1 Å². The number of fused-ring (bicyclic) bond motifs is 1. The van der Waals surface area contributed by atoms with Crippen LogP contribution in [-0.2, 0) is 16.3 Å². The van der Waals surface area contributed by atoms with Crippen molar-refractivity contribution in [1.82, 2.24) is 4.41 Å². The van der Waals surface area contributed by atoms with E-state index < -0.39 is 23.1 Å². The molecule has 2 aliphatic rings. The van der Waals surface area contributed by atoms with Crippen LogP contribution in [0.15, 0.2) is 54.6 Å². The van der Waals surface area contributed by atoms with Crippen molar-refractivity contribution in [3.8, 4) is 28.4 Å². The highest BCUT2D eigenvalue weighted by molar-refractivity contribution is 7.91. The second kappa shape index (κ2) is 10.6. The molecule has 0 radical (unpaired) electrons. The smallest absolute Gasteiger partial charge is 0.308 e. The molecule has 39 heavy (non-hydrogen) atoms. The van der Waals surface area contributed by atoms with Gasteiger partial charge in [0.25, 0.3) is 0 Å². The zero-order valence-corrected chi connectivity index (χ0v) is 23.3. The number of carbonyl (C=O) groups excluding carboxylic acids is 1. The Balaban J connectivity index is 1.32. The number of nitrogens with two attached hydrogens (primary N) is 1. The molecule has 1 unspecified atom stereocenters. The van der Waals surface area contributed by atoms with Crippen LogP contribution >= 0.6 is 0 Å². The Kier molecular flexibility index (Phi) is 7.39. The summed E-state index contributed by atoms with van der Waals surface area (Å²) in [5.41, 5.74) is 5.04. The summed E-state index contributed by atoms with van der Waals surface area (Å²) in [5, 5.41) is 9.95. The lowest BCUT2D eigenvalue weighted by atomic mass is 9.93. The minimum atomic E-state index is -1.74. The summed E-state index contributed by atoms with van der Waals surface area (Å²) < 4.78 is 32.8. The molecule has 3 aromatic carbocycles. The van der Waals surface area contributed by atoms with E-state index >= 15 is 0 Å². The normalized spacial score (nSPS) is 18.8. The Labute approximate surface area is 231 Å². The molecule has 206 valence electrons. The molecule has 2 heterocycles. The summed E-state index contributed by atoms with van der Waals surface area (Å²) >= 11 is -1.74. The molecule has 1 amide bonds. The topological polar surface area (TPSA) is 121 Å². The Bertz CT molecular complexity index is 1350. The molecule has 2 atom stereocenters. The maximum Gasteiger partial charge on any atom is 0.308 e. The van der Waals surface area contributed by atoms with Crippen molar-refractivity contribution in [1.29, 1.82) is 0 Å². The average molecular weight is 552 g/mol. The molecule has 0 aliphatic carbocycles. The fraction of sp³-hybridized carbons (Fsp3) is 0.345. The van der Waals surface area contributed by atoms with Crippen molar-refractivity contribution in [2.45, 2.75) is 45.8 Å². The molecular weight excluding hydrogens is 518 g/mol. The number of benzene rings is 3. The monoisotopic (exact) mass is 551 g/mol. The highest BCUT2D eigenvalue weighted by Gasteiger charge is 2.41. The number of anilines is 1. The van der Waals surface area contributed by atoms with E-state index in [1.54, 1.807) is 38.1 Å². The quantitative estimate of drug-likeness (QED) is 0.244.